The molecule has 0 atom stereocenters. The summed E-state index contributed by atoms with van der Waals surface area (Å²) in [4.78, 5) is 14.1. The number of amides is 1. The third-order valence-corrected chi connectivity index (χ3v) is 3.35. The number of hydrogen-bond acceptors (Lipinski definition) is 3. The lowest BCUT2D eigenvalue weighted by molar-refractivity contribution is 0.0951. The van der Waals surface area contributed by atoms with Crippen molar-refractivity contribution in [3.05, 3.63) is 51.7 Å². The van der Waals surface area contributed by atoms with Crippen LogP contribution < -0.4 is 5.32 Å². The zero-order chi connectivity index (χ0) is 12.3. The molecule has 3 nitrogen and oxygen atoms in total. The fourth-order valence-corrected chi connectivity index (χ4v) is 2.29. The van der Waals surface area contributed by atoms with Crippen molar-refractivity contribution < 1.29 is 9.90 Å². The average Bonchev–Trinajstić information content (AvgIpc) is 2.73. The largest absolute Gasteiger partial charge is 0.508 e. The summed E-state index contributed by atoms with van der Waals surface area (Å²) in [5.41, 5.74) is 0.552. The number of carbonyl (C=O) groups excluding carboxylic acids is 1. The van der Waals surface area contributed by atoms with Crippen LogP contribution in [0.5, 0.6) is 5.75 Å². The lowest BCUT2D eigenvalue weighted by Crippen LogP contribution is -2.22. The zero-order valence-electron chi connectivity index (χ0n) is 9.43. The van der Waals surface area contributed by atoms with E-state index in [1.54, 1.807) is 23.5 Å². The van der Waals surface area contributed by atoms with Crippen molar-refractivity contribution >= 4 is 17.2 Å². The molecule has 0 radical (unpaired) electrons. The van der Waals surface area contributed by atoms with Crippen molar-refractivity contribution in [3.63, 3.8) is 0 Å². The van der Waals surface area contributed by atoms with Crippen molar-refractivity contribution in [2.24, 2.45) is 0 Å². The monoisotopic (exact) mass is 247 g/mol. The van der Waals surface area contributed by atoms with Gasteiger partial charge >= 0.3 is 0 Å². The maximum atomic E-state index is 11.7. The second-order valence-corrected chi connectivity index (χ2v) is 5.11. The molecule has 0 saturated heterocycles. The number of thiophene rings is 1. The quantitative estimate of drug-likeness (QED) is 0.876. The van der Waals surface area contributed by atoms with E-state index in [0.29, 0.717) is 12.1 Å². The van der Waals surface area contributed by atoms with E-state index < -0.39 is 0 Å². The van der Waals surface area contributed by atoms with Gasteiger partial charge in [0.25, 0.3) is 5.91 Å². The topological polar surface area (TPSA) is 49.3 Å². The summed E-state index contributed by atoms with van der Waals surface area (Å²) in [5.74, 6) is 0.0338. The van der Waals surface area contributed by atoms with Gasteiger partial charge in [-0.15, -0.1) is 11.3 Å². The molecule has 1 amide bonds. The van der Waals surface area contributed by atoms with Crippen molar-refractivity contribution in [3.8, 4) is 5.75 Å². The average molecular weight is 247 g/mol. The Morgan fingerprint density at radius 3 is 2.53 bits per heavy atom. The van der Waals surface area contributed by atoms with E-state index in [-0.39, 0.29) is 11.7 Å². The Bertz CT molecular complexity index is 516. The minimum Gasteiger partial charge on any atom is -0.508 e. The van der Waals surface area contributed by atoms with Crippen LogP contribution >= 0.6 is 11.3 Å². The number of rotatable bonds is 3. The van der Waals surface area contributed by atoms with E-state index in [0.717, 1.165) is 4.88 Å². The van der Waals surface area contributed by atoms with Gasteiger partial charge in [0, 0.05) is 15.3 Å². The first-order valence-electron chi connectivity index (χ1n) is 5.28. The second-order valence-electron chi connectivity index (χ2n) is 3.74. The third kappa shape index (κ3) is 3.07. The molecule has 0 spiro atoms. The molecule has 0 unspecified atom stereocenters. The maximum absolute atomic E-state index is 11.7. The molecule has 17 heavy (non-hydrogen) atoms. The molecule has 0 bridgehead atoms. The zero-order valence-corrected chi connectivity index (χ0v) is 10.3. The summed E-state index contributed by atoms with van der Waals surface area (Å²) in [5, 5.41) is 12.0. The highest BCUT2D eigenvalue weighted by Crippen LogP contribution is 2.15. The Labute approximate surface area is 104 Å². The first-order chi connectivity index (χ1) is 8.15. The van der Waals surface area contributed by atoms with E-state index in [9.17, 15) is 4.79 Å². The fraction of sp³-hybridized carbons (Fsp3) is 0.154. The number of nitrogens with one attached hydrogen (secondary N) is 1. The molecule has 2 aromatic rings. The molecule has 0 fully saturated rings. The van der Waals surface area contributed by atoms with Crippen molar-refractivity contribution in [1.29, 1.82) is 0 Å². The smallest absolute Gasteiger partial charge is 0.251 e. The number of phenolic OH excluding ortho intramolecular Hbond substituents is 1. The molecular formula is C13H13NO2S. The normalized spacial score (nSPS) is 10.2. The summed E-state index contributed by atoms with van der Waals surface area (Å²) < 4.78 is 0. The van der Waals surface area contributed by atoms with Crippen molar-refractivity contribution in [1.82, 2.24) is 5.32 Å². The standard InChI is InChI=1S/C13H13NO2S/c1-9-2-7-12(17-9)8-14-13(16)10-3-5-11(15)6-4-10/h2-7,15H,8H2,1H3,(H,14,16). The van der Waals surface area contributed by atoms with E-state index in [2.05, 4.69) is 5.32 Å². The molecule has 1 aromatic carbocycles. The van der Waals surface area contributed by atoms with Crippen LogP contribution in [0.25, 0.3) is 0 Å². The first-order valence-corrected chi connectivity index (χ1v) is 6.09. The molecular weight excluding hydrogens is 234 g/mol. The fourth-order valence-electron chi connectivity index (χ4n) is 1.46. The highest BCUT2D eigenvalue weighted by atomic mass is 32.1. The van der Waals surface area contributed by atoms with Gasteiger partial charge in [0.1, 0.15) is 5.75 Å². The van der Waals surface area contributed by atoms with Gasteiger partial charge in [-0.2, -0.15) is 0 Å². The van der Waals surface area contributed by atoms with Gasteiger partial charge in [0.15, 0.2) is 0 Å². The number of hydrogen-bond donors (Lipinski definition) is 2. The van der Waals surface area contributed by atoms with E-state index in [1.165, 1.54) is 17.0 Å². The number of benzene rings is 1. The van der Waals surface area contributed by atoms with Gasteiger partial charge in [-0.25, -0.2) is 0 Å². The molecule has 0 aliphatic carbocycles. The molecule has 0 aliphatic rings. The highest BCUT2D eigenvalue weighted by Gasteiger charge is 2.05. The van der Waals surface area contributed by atoms with Crippen LogP contribution in [0.15, 0.2) is 36.4 Å². The molecule has 88 valence electrons. The minimum atomic E-state index is -0.129. The number of phenols is 1. The Balaban J connectivity index is 1.95. The Morgan fingerprint density at radius 2 is 1.94 bits per heavy atom. The Hall–Kier alpha value is -1.81. The van der Waals surface area contributed by atoms with Gasteiger partial charge in [-0.05, 0) is 43.3 Å². The van der Waals surface area contributed by atoms with Gasteiger partial charge in [-0.1, -0.05) is 0 Å². The van der Waals surface area contributed by atoms with Gasteiger partial charge in [-0.3, -0.25) is 4.79 Å². The van der Waals surface area contributed by atoms with E-state index in [4.69, 9.17) is 5.11 Å². The SMILES string of the molecule is Cc1ccc(CNC(=O)c2ccc(O)cc2)s1. The van der Waals surface area contributed by atoms with Crippen molar-refractivity contribution in [2.45, 2.75) is 13.5 Å². The van der Waals surface area contributed by atoms with Crippen LogP contribution in [0, 0.1) is 6.92 Å². The second kappa shape index (κ2) is 5.01. The van der Waals surface area contributed by atoms with Crippen LogP contribution in [0.3, 0.4) is 0 Å². The highest BCUT2D eigenvalue weighted by molar-refractivity contribution is 7.11. The maximum Gasteiger partial charge on any atom is 0.251 e. The summed E-state index contributed by atoms with van der Waals surface area (Å²) in [6, 6.07) is 10.3. The molecule has 1 aromatic heterocycles. The van der Waals surface area contributed by atoms with Crippen LogP contribution in [0.2, 0.25) is 0 Å². The molecule has 2 N–H and O–H groups in total. The van der Waals surface area contributed by atoms with Crippen molar-refractivity contribution in [2.75, 3.05) is 0 Å². The minimum absolute atomic E-state index is 0.129. The van der Waals surface area contributed by atoms with Crippen LogP contribution in [-0.4, -0.2) is 11.0 Å². The molecule has 1 heterocycles. The van der Waals surface area contributed by atoms with Gasteiger partial charge < -0.3 is 10.4 Å². The summed E-state index contributed by atoms with van der Waals surface area (Å²) >= 11 is 1.67. The van der Waals surface area contributed by atoms with E-state index in [1.807, 2.05) is 19.1 Å². The van der Waals surface area contributed by atoms with Gasteiger partial charge in [0.2, 0.25) is 0 Å². The molecule has 2 rings (SSSR count). The molecule has 0 aliphatic heterocycles. The predicted molar refractivity (Wildman–Crippen MR) is 68.3 cm³/mol. The molecule has 0 saturated carbocycles. The predicted octanol–water partition coefficient (Wildman–Crippen LogP) is 2.69. The van der Waals surface area contributed by atoms with Crippen LogP contribution in [0.4, 0.5) is 0 Å². The summed E-state index contributed by atoms with van der Waals surface area (Å²) in [6.07, 6.45) is 0. The number of aromatic hydroxyl groups is 1. The molecule has 4 heteroatoms. The van der Waals surface area contributed by atoms with Gasteiger partial charge in [0.05, 0.1) is 6.54 Å². The lowest BCUT2D eigenvalue weighted by Gasteiger charge is -2.03. The van der Waals surface area contributed by atoms with Crippen LogP contribution in [-0.2, 0) is 6.54 Å². The summed E-state index contributed by atoms with van der Waals surface area (Å²) in [6.45, 7) is 2.58. The van der Waals surface area contributed by atoms with E-state index >= 15 is 0 Å². The first kappa shape index (κ1) is 11.7. The Kier molecular flexibility index (Phi) is 3.44. The lowest BCUT2D eigenvalue weighted by atomic mass is 10.2. The Morgan fingerprint density at radius 1 is 1.24 bits per heavy atom. The van der Waals surface area contributed by atoms with Crippen LogP contribution in [0.1, 0.15) is 20.1 Å². The number of aryl methyl sites for hydroxylation is 1. The number of carbonyl (C=O) groups is 1. The third-order valence-electron chi connectivity index (χ3n) is 2.35. The summed E-state index contributed by atoms with van der Waals surface area (Å²) in [7, 11) is 0.